The van der Waals surface area contributed by atoms with E-state index in [4.69, 9.17) is 0 Å². The standard InChI is InChI=1S/C27H36N2.Au/c1-18(2)22-11-9-12-23(19(3)4)26(22)28-15-16-29(17-28)27-24(20(5)6)13-10-14-25(27)21(7)8;/h9-16,18-21H,1-8H3;/q;+1. The number of para-hydroxylation sites is 2. The number of aromatic nitrogens is 2. The molecule has 2 aromatic carbocycles. The van der Waals surface area contributed by atoms with E-state index >= 15 is 0 Å². The van der Waals surface area contributed by atoms with Crippen molar-refractivity contribution in [3.63, 3.8) is 0 Å². The van der Waals surface area contributed by atoms with Crippen LogP contribution in [0.4, 0.5) is 0 Å². The Kier molecular flexibility index (Phi) is 8.33. The molecule has 0 bridgehead atoms. The molecule has 1 heterocycles. The number of hydrogen-bond acceptors (Lipinski definition) is 0. The van der Waals surface area contributed by atoms with Crippen molar-refractivity contribution in [1.29, 1.82) is 0 Å². The van der Waals surface area contributed by atoms with Crippen molar-refractivity contribution < 1.29 is 26.9 Å². The number of rotatable bonds is 6. The second-order valence-corrected chi connectivity index (χ2v) is 9.33. The molecule has 0 aliphatic heterocycles. The molecule has 0 saturated carbocycles. The molecule has 1 aromatic heterocycles. The summed E-state index contributed by atoms with van der Waals surface area (Å²) in [7, 11) is 0. The first-order chi connectivity index (χ1) is 13.7. The Morgan fingerprint density at radius 2 is 1.07 bits per heavy atom. The summed E-state index contributed by atoms with van der Waals surface area (Å²) in [6.45, 7) is 18.2. The van der Waals surface area contributed by atoms with E-state index < -0.39 is 0 Å². The zero-order chi connectivity index (χ0) is 21.3. The van der Waals surface area contributed by atoms with Gasteiger partial charge in [-0.2, -0.15) is 0 Å². The molecule has 0 atom stereocenters. The maximum Gasteiger partial charge on any atom is 1.00 e. The third-order valence-corrected chi connectivity index (χ3v) is 5.75. The zero-order valence-electron chi connectivity index (χ0n) is 19.6. The van der Waals surface area contributed by atoms with Gasteiger partial charge in [-0.3, -0.25) is 9.13 Å². The van der Waals surface area contributed by atoms with Crippen molar-refractivity contribution in [2.75, 3.05) is 0 Å². The van der Waals surface area contributed by atoms with E-state index in [9.17, 15) is 0 Å². The second kappa shape index (κ2) is 10.1. The molecular formula is C27H36AuN2+. The molecule has 3 heteroatoms. The minimum atomic E-state index is 0. The van der Waals surface area contributed by atoms with Crippen molar-refractivity contribution in [3.05, 3.63) is 77.4 Å². The largest absolute Gasteiger partial charge is 1.00 e. The number of nitrogens with zero attached hydrogens (tertiary/aromatic N) is 2. The van der Waals surface area contributed by atoms with Gasteiger partial charge in [-0.15, -0.1) is 0 Å². The molecule has 0 radical (unpaired) electrons. The first-order valence-electron chi connectivity index (χ1n) is 11.0. The predicted octanol–water partition coefficient (Wildman–Crippen LogP) is 7.05. The van der Waals surface area contributed by atoms with Crippen LogP contribution in [0, 0.1) is 6.33 Å². The second-order valence-electron chi connectivity index (χ2n) is 9.33. The van der Waals surface area contributed by atoms with Crippen LogP contribution in [0.1, 0.15) is 101 Å². The topological polar surface area (TPSA) is 8.81 Å². The molecule has 0 aliphatic rings. The smallest absolute Gasteiger partial charge is 0.298 e. The maximum atomic E-state index is 3.66. The quantitative estimate of drug-likeness (QED) is 0.167. The van der Waals surface area contributed by atoms with E-state index in [0.717, 1.165) is 0 Å². The molecule has 2 nitrogen and oxygen atoms in total. The molecule has 164 valence electrons. The van der Waals surface area contributed by atoms with Crippen LogP contribution in [-0.4, -0.2) is 4.57 Å². The van der Waals surface area contributed by atoms with Gasteiger partial charge in [-0.05, 0) is 45.9 Å². The molecule has 3 rings (SSSR count). The molecule has 0 unspecified atom stereocenters. The van der Waals surface area contributed by atoms with Crippen LogP contribution in [0.3, 0.4) is 0 Å². The summed E-state index contributed by atoms with van der Waals surface area (Å²) >= 11 is 0. The van der Waals surface area contributed by atoms with Gasteiger partial charge in [0.15, 0.2) is 0 Å². The minimum absolute atomic E-state index is 0. The Bertz CT molecular complexity index is 850. The van der Waals surface area contributed by atoms with Gasteiger partial charge in [0.05, 0.1) is 11.4 Å². The fourth-order valence-electron chi connectivity index (χ4n) is 4.14. The van der Waals surface area contributed by atoms with Crippen molar-refractivity contribution in [2.45, 2.75) is 79.1 Å². The summed E-state index contributed by atoms with van der Waals surface area (Å²) in [5.41, 5.74) is 8.05. The molecular weight excluding hydrogens is 549 g/mol. The van der Waals surface area contributed by atoms with Gasteiger partial charge in [0, 0.05) is 12.4 Å². The Hall–Kier alpha value is -1.61. The first-order valence-corrected chi connectivity index (χ1v) is 11.0. The molecule has 0 saturated heterocycles. The molecule has 3 aromatic rings. The SMILES string of the molecule is CC(C)c1cccc(C(C)C)c1-n1[c-][n+](-c2c(C(C)C)cccc2C(C)C)cc1.[Au+]. The molecule has 0 N–H and O–H groups in total. The van der Waals surface area contributed by atoms with Crippen molar-refractivity contribution in [2.24, 2.45) is 0 Å². The van der Waals surface area contributed by atoms with Gasteiger partial charge in [0.25, 0.3) is 6.33 Å². The summed E-state index contributed by atoms with van der Waals surface area (Å²) in [6.07, 6.45) is 7.98. The first kappa shape index (κ1) is 24.7. The molecule has 30 heavy (non-hydrogen) atoms. The number of benzene rings is 2. The van der Waals surface area contributed by atoms with Crippen LogP contribution >= 0.6 is 0 Å². The van der Waals surface area contributed by atoms with E-state index in [0.29, 0.717) is 23.7 Å². The van der Waals surface area contributed by atoms with Crippen LogP contribution < -0.4 is 4.57 Å². The average Bonchev–Trinajstić information content (AvgIpc) is 3.15. The van der Waals surface area contributed by atoms with Gasteiger partial charge >= 0.3 is 22.4 Å². The van der Waals surface area contributed by atoms with Crippen LogP contribution in [0.5, 0.6) is 0 Å². The molecule has 0 amide bonds. The van der Waals surface area contributed by atoms with Gasteiger partial charge in [-0.1, -0.05) is 91.8 Å². The van der Waals surface area contributed by atoms with Crippen LogP contribution in [0.15, 0.2) is 48.8 Å². The molecule has 0 fully saturated rings. The molecule has 0 spiro atoms. The third kappa shape index (κ3) is 4.82. The zero-order valence-corrected chi connectivity index (χ0v) is 21.8. The van der Waals surface area contributed by atoms with Crippen molar-refractivity contribution >= 4 is 0 Å². The van der Waals surface area contributed by atoms with E-state index in [1.807, 2.05) is 0 Å². The van der Waals surface area contributed by atoms with Crippen LogP contribution in [0.25, 0.3) is 11.4 Å². The summed E-state index contributed by atoms with van der Waals surface area (Å²) in [6, 6.07) is 13.4. The van der Waals surface area contributed by atoms with Gasteiger partial charge in [0.2, 0.25) is 0 Å². The van der Waals surface area contributed by atoms with Gasteiger partial charge in [-0.25, -0.2) is 0 Å². The van der Waals surface area contributed by atoms with Gasteiger partial charge < -0.3 is 0 Å². The van der Waals surface area contributed by atoms with Crippen LogP contribution in [-0.2, 0) is 22.4 Å². The maximum absolute atomic E-state index is 3.66. The fraction of sp³-hybridized carbons (Fsp3) is 0.444. The van der Waals surface area contributed by atoms with E-state index in [-0.39, 0.29) is 22.4 Å². The summed E-state index contributed by atoms with van der Waals surface area (Å²) in [4.78, 5) is 0. The monoisotopic (exact) mass is 585 g/mol. The normalized spacial score (nSPS) is 11.6. The van der Waals surface area contributed by atoms with E-state index in [1.165, 1.54) is 33.6 Å². The fourth-order valence-corrected chi connectivity index (χ4v) is 4.14. The van der Waals surface area contributed by atoms with Crippen molar-refractivity contribution in [3.8, 4) is 11.4 Å². The van der Waals surface area contributed by atoms with Crippen molar-refractivity contribution in [1.82, 2.24) is 4.57 Å². The Morgan fingerprint density at radius 1 is 0.667 bits per heavy atom. The molecule has 0 aliphatic carbocycles. The number of imidazole rings is 1. The summed E-state index contributed by atoms with van der Waals surface area (Å²) in [5.74, 6) is 1.84. The summed E-state index contributed by atoms with van der Waals surface area (Å²) < 4.78 is 4.40. The van der Waals surface area contributed by atoms with Gasteiger partial charge in [0.1, 0.15) is 0 Å². The Morgan fingerprint density at radius 3 is 1.47 bits per heavy atom. The minimum Gasteiger partial charge on any atom is -0.298 e. The summed E-state index contributed by atoms with van der Waals surface area (Å²) in [5, 5.41) is 0. The van der Waals surface area contributed by atoms with Crippen LogP contribution in [0.2, 0.25) is 0 Å². The van der Waals surface area contributed by atoms with E-state index in [2.05, 4.69) is 120 Å². The third-order valence-electron chi connectivity index (χ3n) is 5.75. The number of hydrogen-bond donors (Lipinski definition) is 0. The van der Waals surface area contributed by atoms with E-state index in [1.54, 1.807) is 0 Å². The Balaban J connectivity index is 0.00000320. The predicted molar refractivity (Wildman–Crippen MR) is 122 cm³/mol. The Labute approximate surface area is 198 Å². The average molecular weight is 586 g/mol.